The summed E-state index contributed by atoms with van der Waals surface area (Å²) in [5.41, 5.74) is 6.34. The van der Waals surface area contributed by atoms with E-state index in [1.54, 1.807) is 4.68 Å². The summed E-state index contributed by atoms with van der Waals surface area (Å²) in [6.07, 6.45) is 15.4. The molecule has 6 rings (SSSR count). The molecule has 0 radical (unpaired) electrons. The molecular formula is C25H24N8. The zero-order valence-electron chi connectivity index (χ0n) is 18.4. The number of aromatic nitrogens is 7. The van der Waals surface area contributed by atoms with Crippen molar-refractivity contribution in [3.05, 3.63) is 90.7 Å². The lowest BCUT2D eigenvalue weighted by Gasteiger charge is -2.16. The van der Waals surface area contributed by atoms with Crippen molar-refractivity contribution in [2.75, 3.05) is 18.0 Å². The number of aryl methyl sites for hydroxylation is 1. The van der Waals surface area contributed by atoms with Crippen LogP contribution in [0.3, 0.4) is 0 Å². The molecule has 0 saturated carbocycles. The number of hydrogen-bond acceptors (Lipinski definition) is 6. The molecule has 8 heteroatoms. The fourth-order valence-electron chi connectivity index (χ4n) is 4.51. The van der Waals surface area contributed by atoms with Crippen LogP contribution >= 0.6 is 0 Å². The molecule has 4 aromatic heterocycles. The number of fused-ring (bicyclic) bond motifs is 1. The van der Waals surface area contributed by atoms with Crippen molar-refractivity contribution in [1.29, 1.82) is 0 Å². The average molecular weight is 437 g/mol. The molecule has 1 fully saturated rings. The number of hydrogen-bond donors (Lipinski definition) is 0. The van der Waals surface area contributed by atoms with Gasteiger partial charge < -0.3 is 4.90 Å². The van der Waals surface area contributed by atoms with Crippen LogP contribution in [-0.2, 0) is 13.5 Å². The summed E-state index contributed by atoms with van der Waals surface area (Å²) in [6.45, 7) is 1.83. The Labute approximate surface area is 191 Å². The van der Waals surface area contributed by atoms with Gasteiger partial charge in [-0.2, -0.15) is 10.2 Å². The second-order valence-electron chi connectivity index (χ2n) is 8.58. The Morgan fingerprint density at radius 2 is 1.73 bits per heavy atom. The van der Waals surface area contributed by atoms with E-state index in [0.717, 1.165) is 59.8 Å². The third-order valence-corrected chi connectivity index (χ3v) is 6.26. The topological polar surface area (TPSA) is 77.0 Å². The summed E-state index contributed by atoms with van der Waals surface area (Å²) < 4.78 is 3.67. The maximum atomic E-state index is 4.70. The molecule has 5 heterocycles. The van der Waals surface area contributed by atoms with E-state index >= 15 is 0 Å². The number of anilines is 1. The largest absolute Gasteiger partial charge is 0.368 e. The highest BCUT2D eigenvalue weighted by atomic mass is 15.3. The van der Waals surface area contributed by atoms with Gasteiger partial charge in [-0.05, 0) is 17.5 Å². The van der Waals surface area contributed by atoms with E-state index in [4.69, 9.17) is 9.97 Å². The van der Waals surface area contributed by atoms with E-state index in [0.29, 0.717) is 5.92 Å². The molecule has 0 amide bonds. The first-order valence-electron chi connectivity index (χ1n) is 11.1. The standard InChI is InChI=1S/C25H24N8/c1-31-15-21(12-29-31)22-17-33-24(13-26-22)23(14-30-33)32-8-7-20(16-32)25-27-10-19(11-28-25)9-18-5-3-2-4-6-18/h2-6,10-15,17,20H,7-9,16H2,1H3. The fourth-order valence-corrected chi connectivity index (χ4v) is 4.51. The number of benzene rings is 1. The highest BCUT2D eigenvalue weighted by molar-refractivity contribution is 5.73. The fraction of sp³-hybridized carbons (Fsp3) is 0.240. The first kappa shape index (κ1) is 19.6. The van der Waals surface area contributed by atoms with Crippen molar-refractivity contribution in [3.63, 3.8) is 0 Å². The van der Waals surface area contributed by atoms with Crippen LogP contribution in [0.25, 0.3) is 16.8 Å². The molecule has 164 valence electrons. The van der Waals surface area contributed by atoms with Crippen molar-refractivity contribution in [2.24, 2.45) is 7.05 Å². The van der Waals surface area contributed by atoms with Crippen LogP contribution in [0.4, 0.5) is 5.69 Å². The lowest BCUT2D eigenvalue weighted by Crippen LogP contribution is -2.19. The predicted octanol–water partition coefficient (Wildman–Crippen LogP) is 3.50. The molecule has 1 unspecified atom stereocenters. The monoisotopic (exact) mass is 436 g/mol. The molecule has 8 nitrogen and oxygen atoms in total. The molecule has 1 aliphatic rings. The highest BCUT2D eigenvalue weighted by Gasteiger charge is 2.28. The maximum absolute atomic E-state index is 4.70. The summed E-state index contributed by atoms with van der Waals surface area (Å²) in [5.74, 6) is 1.23. The third kappa shape index (κ3) is 3.84. The van der Waals surface area contributed by atoms with Gasteiger partial charge in [-0.3, -0.25) is 9.67 Å². The Hall–Kier alpha value is -4.07. The van der Waals surface area contributed by atoms with E-state index in [-0.39, 0.29) is 0 Å². The van der Waals surface area contributed by atoms with E-state index in [1.807, 2.05) is 61.0 Å². The molecule has 1 saturated heterocycles. The van der Waals surface area contributed by atoms with Crippen LogP contribution < -0.4 is 4.90 Å². The van der Waals surface area contributed by atoms with Crippen molar-refractivity contribution < 1.29 is 0 Å². The molecule has 1 aliphatic heterocycles. The van der Waals surface area contributed by atoms with Gasteiger partial charge in [0.25, 0.3) is 0 Å². The zero-order chi connectivity index (χ0) is 22.2. The predicted molar refractivity (Wildman–Crippen MR) is 126 cm³/mol. The first-order valence-corrected chi connectivity index (χ1v) is 11.1. The van der Waals surface area contributed by atoms with Gasteiger partial charge in [0.15, 0.2) is 0 Å². The zero-order valence-corrected chi connectivity index (χ0v) is 18.4. The van der Waals surface area contributed by atoms with Gasteiger partial charge in [-0.15, -0.1) is 0 Å². The van der Waals surface area contributed by atoms with Gasteiger partial charge in [0.05, 0.1) is 36.2 Å². The highest BCUT2D eigenvalue weighted by Crippen LogP contribution is 2.32. The minimum Gasteiger partial charge on any atom is -0.368 e. The lowest BCUT2D eigenvalue weighted by molar-refractivity contribution is 0.706. The van der Waals surface area contributed by atoms with Crippen LogP contribution in [0.1, 0.15) is 29.3 Å². The molecule has 0 N–H and O–H groups in total. The van der Waals surface area contributed by atoms with E-state index in [2.05, 4.69) is 44.3 Å². The average Bonchev–Trinajstić information content (AvgIpc) is 3.59. The minimum absolute atomic E-state index is 0.313. The van der Waals surface area contributed by atoms with Crippen molar-refractivity contribution in [2.45, 2.75) is 18.8 Å². The molecule has 0 spiro atoms. The second-order valence-corrected chi connectivity index (χ2v) is 8.58. The van der Waals surface area contributed by atoms with Gasteiger partial charge in [0.1, 0.15) is 11.3 Å². The van der Waals surface area contributed by atoms with Crippen LogP contribution in [0.2, 0.25) is 0 Å². The van der Waals surface area contributed by atoms with Gasteiger partial charge in [-0.25, -0.2) is 14.5 Å². The van der Waals surface area contributed by atoms with Gasteiger partial charge in [-0.1, -0.05) is 30.3 Å². The Kier molecular flexibility index (Phi) is 4.83. The number of nitrogens with zero attached hydrogens (tertiary/aromatic N) is 8. The van der Waals surface area contributed by atoms with Crippen LogP contribution in [0.15, 0.2) is 73.7 Å². The molecule has 0 aliphatic carbocycles. The summed E-state index contributed by atoms with van der Waals surface area (Å²) >= 11 is 0. The Morgan fingerprint density at radius 1 is 0.879 bits per heavy atom. The Balaban J connectivity index is 1.17. The van der Waals surface area contributed by atoms with Gasteiger partial charge in [0, 0.05) is 56.6 Å². The van der Waals surface area contributed by atoms with Crippen LogP contribution in [-0.4, -0.2) is 47.4 Å². The second kappa shape index (κ2) is 8.12. The molecular weight excluding hydrogens is 412 g/mol. The van der Waals surface area contributed by atoms with Gasteiger partial charge >= 0.3 is 0 Å². The van der Waals surface area contributed by atoms with E-state index in [9.17, 15) is 0 Å². The smallest absolute Gasteiger partial charge is 0.133 e. The maximum Gasteiger partial charge on any atom is 0.133 e. The normalized spacial score (nSPS) is 16.0. The van der Waals surface area contributed by atoms with Crippen molar-refractivity contribution >= 4 is 11.2 Å². The van der Waals surface area contributed by atoms with Crippen LogP contribution in [0.5, 0.6) is 0 Å². The molecule has 1 atom stereocenters. The van der Waals surface area contributed by atoms with Crippen molar-refractivity contribution in [1.82, 2.24) is 34.3 Å². The van der Waals surface area contributed by atoms with E-state index in [1.165, 1.54) is 5.56 Å². The quantitative estimate of drug-likeness (QED) is 0.420. The first-order chi connectivity index (χ1) is 16.2. The molecule has 33 heavy (non-hydrogen) atoms. The Morgan fingerprint density at radius 3 is 2.52 bits per heavy atom. The lowest BCUT2D eigenvalue weighted by atomic mass is 10.1. The minimum atomic E-state index is 0.313. The van der Waals surface area contributed by atoms with Gasteiger partial charge in [0.2, 0.25) is 0 Å². The third-order valence-electron chi connectivity index (χ3n) is 6.26. The molecule has 0 bridgehead atoms. The molecule has 5 aromatic rings. The Bertz CT molecular complexity index is 1390. The van der Waals surface area contributed by atoms with Crippen LogP contribution in [0, 0.1) is 0 Å². The summed E-state index contributed by atoms with van der Waals surface area (Å²) in [6, 6.07) is 10.4. The van der Waals surface area contributed by atoms with Crippen molar-refractivity contribution in [3.8, 4) is 11.3 Å². The van der Waals surface area contributed by atoms with E-state index < -0.39 is 0 Å². The SMILES string of the molecule is Cn1cc(-c2cn3ncc(N4CCC(c5ncc(Cc6ccccc6)cn5)C4)c3cn2)cn1. The summed E-state index contributed by atoms with van der Waals surface area (Å²) in [4.78, 5) is 16.4. The number of rotatable bonds is 5. The summed E-state index contributed by atoms with van der Waals surface area (Å²) in [7, 11) is 1.90. The summed E-state index contributed by atoms with van der Waals surface area (Å²) in [5, 5.41) is 8.81. The molecule has 1 aromatic carbocycles.